The molecule has 5 nitrogen and oxygen atoms in total. The number of methoxy groups -OCH3 is 1. The van der Waals surface area contributed by atoms with E-state index in [0.29, 0.717) is 16.8 Å². The average molecular weight is 274 g/mol. The Labute approximate surface area is 113 Å². The second-order valence-corrected chi connectivity index (χ2v) is 5.62. The molecule has 0 spiro atoms. The van der Waals surface area contributed by atoms with E-state index in [2.05, 4.69) is 15.3 Å². The van der Waals surface area contributed by atoms with E-state index < -0.39 is 11.1 Å². The zero-order valence-corrected chi connectivity index (χ0v) is 12.2. The summed E-state index contributed by atoms with van der Waals surface area (Å²) in [5.41, 5.74) is -1.47. The summed E-state index contributed by atoms with van der Waals surface area (Å²) in [6.45, 7) is 7.54. The minimum absolute atomic E-state index is 0.290. The van der Waals surface area contributed by atoms with Gasteiger partial charge in [0.2, 0.25) is 0 Å². The minimum atomic E-state index is -0.911. The van der Waals surface area contributed by atoms with Crippen molar-refractivity contribution in [2.24, 2.45) is 0 Å². The first-order valence-electron chi connectivity index (χ1n) is 5.68. The van der Waals surface area contributed by atoms with E-state index in [1.165, 1.54) is 0 Å². The van der Waals surface area contributed by atoms with Gasteiger partial charge in [-0.1, -0.05) is 11.6 Å². The summed E-state index contributed by atoms with van der Waals surface area (Å²) in [5.74, 6) is 1.06. The highest BCUT2D eigenvalue weighted by atomic mass is 35.5. The monoisotopic (exact) mass is 273 g/mol. The number of hydrogen-bond acceptors (Lipinski definition) is 5. The number of halogens is 1. The second kappa shape index (κ2) is 5.38. The Morgan fingerprint density at radius 1 is 1.33 bits per heavy atom. The Morgan fingerprint density at radius 3 is 2.44 bits per heavy atom. The van der Waals surface area contributed by atoms with Crippen LogP contribution >= 0.6 is 11.6 Å². The third-order valence-corrected chi connectivity index (χ3v) is 3.18. The van der Waals surface area contributed by atoms with Crippen LogP contribution in [-0.2, 0) is 11.3 Å². The van der Waals surface area contributed by atoms with Gasteiger partial charge in [0.15, 0.2) is 5.82 Å². The molecule has 2 N–H and O–H groups in total. The summed E-state index contributed by atoms with van der Waals surface area (Å²) in [6, 6.07) is 1.62. The second-order valence-electron chi connectivity index (χ2n) is 5.23. The van der Waals surface area contributed by atoms with Crippen LogP contribution in [0.3, 0.4) is 0 Å². The van der Waals surface area contributed by atoms with Crippen LogP contribution in [-0.4, -0.2) is 33.3 Å². The Morgan fingerprint density at radius 2 is 1.94 bits per heavy atom. The summed E-state index contributed by atoms with van der Waals surface area (Å²) >= 11 is 5.92. The lowest BCUT2D eigenvalue weighted by Gasteiger charge is -2.38. The predicted molar refractivity (Wildman–Crippen MR) is 71.8 cm³/mol. The van der Waals surface area contributed by atoms with E-state index in [9.17, 15) is 5.11 Å². The highest BCUT2D eigenvalue weighted by Crippen LogP contribution is 2.25. The van der Waals surface area contributed by atoms with E-state index in [0.717, 1.165) is 0 Å². The largest absolute Gasteiger partial charge is 0.388 e. The lowest BCUT2D eigenvalue weighted by Crippen LogP contribution is -2.51. The Balaban J connectivity index is 2.97. The summed E-state index contributed by atoms with van der Waals surface area (Å²) in [5, 5.41) is 13.6. The van der Waals surface area contributed by atoms with Crippen molar-refractivity contribution in [1.29, 1.82) is 0 Å². The van der Waals surface area contributed by atoms with Crippen LogP contribution in [0, 0.1) is 0 Å². The normalized spacial score (nSPS) is 12.6. The number of aliphatic hydroxyl groups is 1. The van der Waals surface area contributed by atoms with Gasteiger partial charge >= 0.3 is 0 Å². The molecule has 1 aromatic rings. The SMILES string of the molecule is COCc1nc(Cl)cc(NC(C)(C)C(C)(C)O)n1. The molecule has 0 aliphatic heterocycles. The Bertz CT molecular complexity index is 416. The quantitative estimate of drug-likeness (QED) is 0.806. The molecular weight excluding hydrogens is 254 g/mol. The van der Waals surface area contributed by atoms with Gasteiger partial charge < -0.3 is 15.2 Å². The first-order valence-corrected chi connectivity index (χ1v) is 6.06. The molecule has 0 amide bonds. The summed E-state index contributed by atoms with van der Waals surface area (Å²) < 4.78 is 4.97. The first kappa shape index (κ1) is 15.1. The number of rotatable bonds is 5. The van der Waals surface area contributed by atoms with Crippen LogP contribution in [0.2, 0.25) is 5.15 Å². The molecule has 0 saturated heterocycles. The molecule has 0 aromatic carbocycles. The van der Waals surface area contributed by atoms with Gasteiger partial charge in [-0.2, -0.15) is 0 Å². The fraction of sp³-hybridized carbons (Fsp3) is 0.667. The molecule has 0 radical (unpaired) electrons. The van der Waals surface area contributed by atoms with Gasteiger partial charge in [0.1, 0.15) is 17.6 Å². The number of anilines is 1. The van der Waals surface area contributed by atoms with Gasteiger partial charge in [0, 0.05) is 13.2 Å². The molecule has 1 heterocycles. The van der Waals surface area contributed by atoms with Crippen molar-refractivity contribution in [3.8, 4) is 0 Å². The number of nitrogens with zero attached hydrogens (tertiary/aromatic N) is 2. The molecular formula is C12H20ClN3O2. The molecule has 0 unspecified atom stereocenters. The van der Waals surface area contributed by atoms with E-state index in [1.807, 2.05) is 13.8 Å². The fourth-order valence-electron chi connectivity index (χ4n) is 1.20. The zero-order valence-electron chi connectivity index (χ0n) is 11.4. The highest BCUT2D eigenvalue weighted by Gasteiger charge is 2.35. The topological polar surface area (TPSA) is 67.3 Å². The molecule has 1 aromatic heterocycles. The van der Waals surface area contributed by atoms with Gasteiger partial charge in [-0.15, -0.1) is 0 Å². The van der Waals surface area contributed by atoms with E-state index in [4.69, 9.17) is 16.3 Å². The van der Waals surface area contributed by atoms with Crippen molar-refractivity contribution in [2.45, 2.75) is 45.4 Å². The third kappa shape index (κ3) is 3.80. The maximum absolute atomic E-state index is 10.1. The van der Waals surface area contributed by atoms with Crippen LogP contribution in [0.25, 0.3) is 0 Å². The molecule has 0 atom stereocenters. The van der Waals surface area contributed by atoms with Crippen molar-refractivity contribution in [1.82, 2.24) is 9.97 Å². The molecule has 18 heavy (non-hydrogen) atoms. The molecule has 1 rings (SSSR count). The van der Waals surface area contributed by atoms with Gasteiger partial charge in [0.05, 0.1) is 11.1 Å². The van der Waals surface area contributed by atoms with Gasteiger partial charge in [0.25, 0.3) is 0 Å². The first-order chi connectivity index (χ1) is 8.15. The number of aromatic nitrogens is 2. The lowest BCUT2D eigenvalue weighted by molar-refractivity contribution is 0.0238. The molecule has 0 fully saturated rings. The van der Waals surface area contributed by atoms with Gasteiger partial charge in [-0.3, -0.25) is 0 Å². The van der Waals surface area contributed by atoms with Gasteiger partial charge in [-0.05, 0) is 27.7 Å². The van der Waals surface area contributed by atoms with E-state index in [1.54, 1.807) is 27.0 Å². The Kier molecular flexibility index (Phi) is 4.53. The van der Waals surface area contributed by atoms with Crippen LogP contribution in [0.1, 0.15) is 33.5 Å². The van der Waals surface area contributed by atoms with Crippen molar-refractivity contribution < 1.29 is 9.84 Å². The standard InChI is InChI=1S/C12H20ClN3O2/c1-11(2,12(3,4)17)16-9-6-8(13)14-10(15-9)7-18-5/h6,17H,7H2,1-5H3,(H,14,15,16). The predicted octanol–water partition coefficient (Wildman–Crippen LogP) is 2.24. The van der Waals surface area contributed by atoms with Crippen molar-refractivity contribution in [2.75, 3.05) is 12.4 Å². The van der Waals surface area contributed by atoms with Crippen LogP contribution < -0.4 is 5.32 Å². The number of ether oxygens (including phenoxy) is 1. The molecule has 0 saturated carbocycles. The van der Waals surface area contributed by atoms with Crippen molar-refractivity contribution in [3.05, 3.63) is 17.0 Å². The van der Waals surface area contributed by atoms with E-state index >= 15 is 0 Å². The molecule has 0 bridgehead atoms. The molecule has 6 heteroatoms. The molecule has 102 valence electrons. The van der Waals surface area contributed by atoms with Crippen molar-refractivity contribution >= 4 is 17.4 Å². The molecule has 0 aliphatic rings. The minimum Gasteiger partial charge on any atom is -0.388 e. The van der Waals surface area contributed by atoms with Gasteiger partial charge in [-0.25, -0.2) is 9.97 Å². The maximum Gasteiger partial charge on any atom is 0.158 e. The highest BCUT2D eigenvalue weighted by molar-refractivity contribution is 6.29. The van der Waals surface area contributed by atoms with Crippen LogP contribution in [0.4, 0.5) is 5.82 Å². The van der Waals surface area contributed by atoms with Crippen LogP contribution in [0.15, 0.2) is 6.07 Å². The summed E-state index contributed by atoms with van der Waals surface area (Å²) in [6.07, 6.45) is 0. The van der Waals surface area contributed by atoms with Crippen LogP contribution in [0.5, 0.6) is 0 Å². The maximum atomic E-state index is 10.1. The zero-order chi connectivity index (χ0) is 14.0. The van der Waals surface area contributed by atoms with E-state index in [-0.39, 0.29) is 6.61 Å². The Hall–Kier alpha value is -0.910. The number of hydrogen-bond donors (Lipinski definition) is 2. The number of nitrogens with one attached hydrogen (secondary N) is 1. The smallest absolute Gasteiger partial charge is 0.158 e. The summed E-state index contributed by atoms with van der Waals surface area (Å²) in [4.78, 5) is 8.32. The third-order valence-electron chi connectivity index (χ3n) is 2.98. The average Bonchev–Trinajstić information content (AvgIpc) is 2.13. The summed E-state index contributed by atoms with van der Waals surface area (Å²) in [7, 11) is 1.57. The fourth-order valence-corrected chi connectivity index (χ4v) is 1.40. The lowest BCUT2D eigenvalue weighted by atomic mass is 9.86. The molecule has 0 aliphatic carbocycles. The van der Waals surface area contributed by atoms with Crippen molar-refractivity contribution in [3.63, 3.8) is 0 Å².